The van der Waals surface area contributed by atoms with E-state index in [2.05, 4.69) is 31.8 Å². The van der Waals surface area contributed by atoms with Crippen LogP contribution in [0.25, 0.3) is 0 Å². The van der Waals surface area contributed by atoms with E-state index in [-0.39, 0.29) is 5.97 Å². The molecule has 0 atom stereocenters. The smallest absolute Gasteiger partial charge is 0.292 e. The lowest BCUT2D eigenvalue weighted by Crippen LogP contribution is -2.29. The van der Waals surface area contributed by atoms with Crippen LogP contribution in [0, 0.1) is 0 Å². The Morgan fingerprint density at radius 3 is 2.27 bits per heavy atom. The summed E-state index contributed by atoms with van der Waals surface area (Å²) in [6.45, 7) is 12.7. The molecule has 0 saturated carbocycles. The fourth-order valence-electron chi connectivity index (χ4n) is 2.11. The Kier molecular flexibility index (Phi) is 6.87. The molecule has 0 unspecified atom stereocenters. The molecule has 0 aliphatic heterocycles. The lowest BCUT2D eigenvalue weighted by atomic mass is 10.1. The van der Waals surface area contributed by atoms with E-state index < -0.39 is 16.6 Å². The average Bonchev–Trinajstić information content (AvgIpc) is 2.31. The van der Waals surface area contributed by atoms with Crippen LogP contribution in [0.4, 0.5) is 0 Å². The standard InChI is InChI=1S/C17H30O3Si2/c1-21(2,3)19-16-12-9-11-15(14-16)10-7-8-13-17(18)20-22(4,5)6/h9,11-12,14H,7-8,10,13H2,1-6H3. The van der Waals surface area contributed by atoms with Gasteiger partial charge in [0.2, 0.25) is 16.6 Å². The van der Waals surface area contributed by atoms with Gasteiger partial charge in [-0.3, -0.25) is 4.79 Å². The number of rotatable bonds is 8. The van der Waals surface area contributed by atoms with E-state index >= 15 is 0 Å². The van der Waals surface area contributed by atoms with Crippen LogP contribution in [-0.4, -0.2) is 22.6 Å². The van der Waals surface area contributed by atoms with Gasteiger partial charge < -0.3 is 8.85 Å². The Labute approximate surface area is 137 Å². The summed E-state index contributed by atoms with van der Waals surface area (Å²) in [5, 5.41) is 0. The summed E-state index contributed by atoms with van der Waals surface area (Å²) >= 11 is 0. The lowest BCUT2D eigenvalue weighted by Gasteiger charge is -2.19. The molecule has 0 fully saturated rings. The lowest BCUT2D eigenvalue weighted by molar-refractivity contribution is -0.135. The molecule has 0 radical (unpaired) electrons. The van der Waals surface area contributed by atoms with Crippen LogP contribution in [0.5, 0.6) is 5.75 Å². The maximum Gasteiger partial charge on any atom is 0.292 e. The first-order valence-corrected chi connectivity index (χ1v) is 14.9. The molecule has 0 saturated heterocycles. The van der Waals surface area contributed by atoms with Crippen LogP contribution in [0.2, 0.25) is 39.3 Å². The van der Waals surface area contributed by atoms with Gasteiger partial charge in [0.15, 0.2) is 0 Å². The van der Waals surface area contributed by atoms with Gasteiger partial charge in [-0.2, -0.15) is 0 Å². The Morgan fingerprint density at radius 2 is 1.68 bits per heavy atom. The molecule has 124 valence electrons. The first-order valence-electron chi connectivity index (χ1n) is 8.05. The largest absolute Gasteiger partial charge is 0.544 e. The third-order valence-corrected chi connectivity index (χ3v) is 4.53. The fraction of sp³-hybridized carbons (Fsp3) is 0.588. The van der Waals surface area contributed by atoms with Crippen LogP contribution in [0.15, 0.2) is 24.3 Å². The molecule has 0 aliphatic rings. The van der Waals surface area contributed by atoms with E-state index in [1.807, 2.05) is 31.8 Å². The summed E-state index contributed by atoms with van der Waals surface area (Å²) in [5.41, 5.74) is 1.27. The highest BCUT2D eigenvalue weighted by atomic mass is 28.4. The summed E-state index contributed by atoms with van der Waals surface area (Å²) in [6.07, 6.45) is 3.37. The molecule has 0 aliphatic carbocycles. The number of carbonyl (C=O) groups excluding carboxylic acids is 1. The molecule has 1 rings (SSSR count). The maximum atomic E-state index is 11.7. The Morgan fingerprint density at radius 1 is 1.00 bits per heavy atom. The van der Waals surface area contributed by atoms with Gasteiger partial charge in [-0.05, 0) is 76.2 Å². The number of hydrogen-bond donors (Lipinski definition) is 0. The van der Waals surface area contributed by atoms with Crippen molar-refractivity contribution in [3.05, 3.63) is 29.8 Å². The van der Waals surface area contributed by atoms with E-state index in [4.69, 9.17) is 8.85 Å². The normalized spacial score (nSPS) is 12.1. The minimum absolute atomic E-state index is 0.0463. The molecule has 0 spiro atoms. The second-order valence-electron chi connectivity index (χ2n) is 7.66. The van der Waals surface area contributed by atoms with Gasteiger partial charge in [0.1, 0.15) is 5.75 Å². The first-order chi connectivity index (χ1) is 10.1. The van der Waals surface area contributed by atoms with Crippen LogP contribution >= 0.6 is 0 Å². The van der Waals surface area contributed by atoms with Gasteiger partial charge in [-0.25, -0.2) is 0 Å². The minimum atomic E-state index is -1.74. The number of carbonyl (C=O) groups is 1. The predicted molar refractivity (Wildman–Crippen MR) is 97.4 cm³/mol. The Hall–Kier alpha value is -1.08. The number of hydrogen-bond acceptors (Lipinski definition) is 3. The van der Waals surface area contributed by atoms with Crippen molar-refractivity contribution in [2.75, 3.05) is 0 Å². The monoisotopic (exact) mass is 338 g/mol. The summed E-state index contributed by atoms with van der Waals surface area (Å²) in [4.78, 5) is 11.7. The molecule has 0 N–H and O–H groups in total. The van der Waals surface area contributed by atoms with Gasteiger partial charge in [-0.1, -0.05) is 12.1 Å². The fourth-order valence-corrected chi connectivity index (χ4v) is 3.73. The summed E-state index contributed by atoms with van der Waals surface area (Å²) in [7, 11) is -3.29. The predicted octanol–water partition coefficient (Wildman–Crippen LogP) is 4.99. The molecular weight excluding hydrogens is 308 g/mol. The first kappa shape index (κ1) is 19.0. The van der Waals surface area contributed by atoms with Gasteiger partial charge in [-0.15, -0.1) is 0 Å². The quantitative estimate of drug-likeness (QED) is 0.495. The second-order valence-corrected chi connectivity index (χ2v) is 16.5. The van der Waals surface area contributed by atoms with Gasteiger partial charge >= 0.3 is 0 Å². The van der Waals surface area contributed by atoms with Crippen molar-refractivity contribution in [3.63, 3.8) is 0 Å². The molecule has 22 heavy (non-hydrogen) atoms. The highest BCUT2D eigenvalue weighted by Crippen LogP contribution is 2.19. The zero-order chi connectivity index (χ0) is 16.8. The van der Waals surface area contributed by atoms with Crippen molar-refractivity contribution >= 4 is 22.6 Å². The maximum absolute atomic E-state index is 11.7. The van der Waals surface area contributed by atoms with Crippen molar-refractivity contribution in [3.8, 4) is 5.75 Å². The molecular formula is C17H30O3Si2. The van der Waals surface area contributed by atoms with Crippen molar-refractivity contribution in [1.82, 2.24) is 0 Å². The molecule has 3 nitrogen and oxygen atoms in total. The molecule has 1 aromatic carbocycles. The average molecular weight is 339 g/mol. The van der Waals surface area contributed by atoms with Crippen molar-refractivity contribution < 1.29 is 13.6 Å². The summed E-state index contributed by atoms with van der Waals surface area (Å²) in [6, 6.07) is 8.31. The van der Waals surface area contributed by atoms with E-state index in [1.54, 1.807) is 0 Å². The molecule has 0 heterocycles. The van der Waals surface area contributed by atoms with Crippen LogP contribution in [-0.2, 0) is 15.6 Å². The molecule has 0 amide bonds. The van der Waals surface area contributed by atoms with Crippen LogP contribution in [0.1, 0.15) is 24.8 Å². The van der Waals surface area contributed by atoms with E-state index in [9.17, 15) is 4.79 Å². The molecule has 1 aromatic rings. The second kappa shape index (κ2) is 7.97. The highest BCUT2D eigenvalue weighted by molar-refractivity contribution is 6.71. The van der Waals surface area contributed by atoms with Crippen molar-refractivity contribution in [1.29, 1.82) is 0 Å². The van der Waals surface area contributed by atoms with E-state index in [0.29, 0.717) is 6.42 Å². The van der Waals surface area contributed by atoms with Gasteiger partial charge in [0.05, 0.1) is 0 Å². The van der Waals surface area contributed by atoms with E-state index in [0.717, 1.165) is 25.0 Å². The molecule has 5 heteroatoms. The van der Waals surface area contributed by atoms with Crippen molar-refractivity contribution in [2.24, 2.45) is 0 Å². The topological polar surface area (TPSA) is 35.5 Å². The molecule has 0 aromatic heterocycles. The zero-order valence-electron chi connectivity index (χ0n) is 14.9. The molecule has 0 bridgehead atoms. The number of aryl methyl sites for hydroxylation is 1. The van der Waals surface area contributed by atoms with Crippen LogP contribution in [0.3, 0.4) is 0 Å². The Balaban J connectivity index is 2.36. The highest BCUT2D eigenvalue weighted by Gasteiger charge is 2.19. The van der Waals surface area contributed by atoms with E-state index in [1.165, 1.54) is 5.56 Å². The third-order valence-electron chi connectivity index (χ3n) is 2.84. The summed E-state index contributed by atoms with van der Waals surface area (Å²) < 4.78 is 11.5. The van der Waals surface area contributed by atoms with Crippen LogP contribution < -0.4 is 4.43 Å². The minimum Gasteiger partial charge on any atom is -0.544 e. The Bertz CT molecular complexity index is 487. The van der Waals surface area contributed by atoms with Crippen molar-refractivity contribution in [2.45, 2.75) is 65.0 Å². The third kappa shape index (κ3) is 9.05. The van der Waals surface area contributed by atoms with Gasteiger partial charge in [0, 0.05) is 6.42 Å². The number of benzene rings is 1. The zero-order valence-corrected chi connectivity index (χ0v) is 16.9. The SMILES string of the molecule is C[Si](C)(C)OC(=O)CCCCc1cccc(O[Si](C)(C)C)c1. The van der Waals surface area contributed by atoms with Gasteiger partial charge in [0.25, 0.3) is 5.97 Å². The number of unbranched alkanes of at least 4 members (excludes halogenated alkanes) is 1. The summed E-state index contributed by atoms with van der Waals surface area (Å²) in [5.74, 6) is 0.921.